The van der Waals surface area contributed by atoms with Gasteiger partial charge in [-0.15, -0.1) is 0 Å². The molecule has 6 unspecified atom stereocenters. The van der Waals surface area contributed by atoms with E-state index in [1.54, 1.807) is 30.2 Å². The second-order valence-corrected chi connectivity index (χ2v) is 33.8. The van der Waals surface area contributed by atoms with Crippen LogP contribution in [-0.2, 0) is 19.6 Å². The fourth-order valence-corrected chi connectivity index (χ4v) is 19.5. The number of hydrogen-bond acceptors (Lipinski definition) is 30. The van der Waals surface area contributed by atoms with Crippen molar-refractivity contribution in [2.24, 2.45) is 0 Å². The van der Waals surface area contributed by atoms with E-state index >= 15 is 0 Å². The molecule has 12 aromatic heterocycles. The summed E-state index contributed by atoms with van der Waals surface area (Å²) in [6, 6.07) is 33.0. The average Bonchev–Trinajstić information content (AvgIpc) is 1.48. The maximum Gasteiger partial charge on any atom is 0.260 e. The van der Waals surface area contributed by atoms with E-state index in [2.05, 4.69) is 183 Å². The number of hydrogen-bond donors (Lipinski definition) is 0. The molecule has 14 aliphatic rings. The Balaban J connectivity index is 0.000000113. The molecule has 0 radical (unpaired) electrons. The first-order chi connectivity index (χ1) is 59.8. The van der Waals surface area contributed by atoms with Gasteiger partial charge in [0.1, 0.15) is 35.7 Å². The minimum atomic E-state index is 0.240. The van der Waals surface area contributed by atoms with Crippen LogP contribution in [0.1, 0.15) is 52.6 Å². The fraction of sp³-hybridized carbons (Fsp3) is 0.404. The molecule has 14 aliphatic heterocycles. The Morgan fingerprint density at radius 2 is 0.754 bits per heavy atom. The highest BCUT2D eigenvalue weighted by Crippen LogP contribution is 2.43. The summed E-state index contributed by atoms with van der Waals surface area (Å²) in [5, 5.41) is 42.8. The fourth-order valence-electron chi connectivity index (χ4n) is 19.5. The van der Waals surface area contributed by atoms with Crippen LogP contribution in [0.4, 0.5) is 34.5 Å². The van der Waals surface area contributed by atoms with Crippen molar-refractivity contribution in [1.82, 2.24) is 93.1 Å². The molecule has 6 bridgehead atoms. The standard InChI is InChI=1S/C30H31N9O2.C30H33N9O.C29H30N10O2/c1-35-4-6-36(7-5-35)23-10-26(29-22(11-31)14-34-39(29)18-23)21-2-3-28(32-13-21)37-16-24-9-25(17-37)38(24)15-20-8-27-30(33-12-20)41-19-40-27;1-35-7-9-36(10-8-35)24-12-27(30-23(13-31)16-34-39(30)20-24)22-4-5-28(32-15-22)37-18-25-11-26(19-37)38(25)17-21-3-6-29(40-2)33-14-21;1-35-2-4-36(5-3-35)21-8-24(28-20(9-30)11-34-39(28)17-21)25-12-32-27(13-31-25)37-15-22-7-23(16-37)38(22)14-19-6-26-29(33-10-19)41-18-40-26/h2-3,8,10,12-14,18,24-25H,4-7,9,15-17,19H2,1H3;3-6,12,14-16,20,25-26H,7-11,17-19H2,1-2H3;6,8,10-13,17,22-23H,2-5,7,14-16,18H2,1H3. The molecule has 0 saturated carbocycles. The van der Waals surface area contributed by atoms with Gasteiger partial charge in [-0.05, 0) is 112 Å². The first-order valence-corrected chi connectivity index (χ1v) is 42.2. The van der Waals surface area contributed by atoms with Gasteiger partial charge in [-0.2, -0.15) is 31.1 Å². The molecule has 0 N–H and O–H groups in total. The maximum absolute atomic E-state index is 9.78. The number of rotatable bonds is 16. The Kier molecular flexibility index (Phi) is 20.1. The predicted octanol–water partition coefficient (Wildman–Crippen LogP) is 7.49. The summed E-state index contributed by atoms with van der Waals surface area (Å²) in [7, 11) is 8.11. The van der Waals surface area contributed by atoms with E-state index in [0.717, 1.165) is 245 Å². The van der Waals surface area contributed by atoms with Gasteiger partial charge in [-0.1, -0.05) is 6.07 Å². The molecule has 0 spiro atoms. The third-order valence-corrected chi connectivity index (χ3v) is 26.5. The molecule has 33 heteroatoms. The van der Waals surface area contributed by atoms with Crippen LogP contribution in [0.2, 0.25) is 0 Å². The van der Waals surface area contributed by atoms with Crippen LogP contribution < -0.4 is 53.1 Å². The number of aromatic nitrogens is 13. The van der Waals surface area contributed by atoms with E-state index < -0.39 is 0 Å². The average molecular weight is 1640 g/mol. The minimum Gasteiger partial charge on any atom is -0.481 e. The maximum atomic E-state index is 9.78. The molecule has 26 rings (SSSR count). The largest absolute Gasteiger partial charge is 0.481 e. The van der Waals surface area contributed by atoms with Gasteiger partial charge >= 0.3 is 0 Å². The van der Waals surface area contributed by atoms with Crippen LogP contribution in [0.5, 0.6) is 29.1 Å². The van der Waals surface area contributed by atoms with Gasteiger partial charge in [0.2, 0.25) is 19.5 Å². The number of nitrogens with zero attached hydrogens (tertiary/aromatic N) is 28. The third kappa shape index (κ3) is 14.7. The number of piperazine rings is 6. The normalized spacial score (nSPS) is 21.9. The molecule has 0 aromatic carbocycles. The van der Waals surface area contributed by atoms with E-state index in [-0.39, 0.29) is 13.6 Å². The van der Waals surface area contributed by atoms with Crippen molar-refractivity contribution in [3.05, 3.63) is 181 Å². The molecular weight excluding hydrogens is 1540 g/mol. The number of piperidine rings is 3. The summed E-state index contributed by atoms with van der Waals surface area (Å²) < 4.78 is 32.4. The van der Waals surface area contributed by atoms with Crippen LogP contribution in [-0.4, -0.2) is 289 Å². The first kappa shape index (κ1) is 76.3. The first-order valence-electron chi connectivity index (χ1n) is 42.2. The van der Waals surface area contributed by atoms with Gasteiger partial charge in [0.25, 0.3) is 11.8 Å². The molecule has 26 heterocycles. The van der Waals surface area contributed by atoms with Crippen LogP contribution >= 0.6 is 0 Å². The molecule has 0 aliphatic carbocycles. The summed E-state index contributed by atoms with van der Waals surface area (Å²) in [4.78, 5) is 61.7. The highest BCUT2D eigenvalue weighted by atomic mass is 16.7. The molecule has 12 fully saturated rings. The predicted molar refractivity (Wildman–Crippen MR) is 458 cm³/mol. The minimum absolute atomic E-state index is 0.240. The lowest BCUT2D eigenvalue weighted by Gasteiger charge is -2.56. The van der Waals surface area contributed by atoms with Crippen LogP contribution in [0.3, 0.4) is 0 Å². The Labute approximate surface area is 705 Å². The third-order valence-electron chi connectivity index (χ3n) is 26.5. The second kappa shape index (κ2) is 32.1. The van der Waals surface area contributed by atoms with Crippen molar-refractivity contribution in [1.29, 1.82) is 15.8 Å². The molecule has 122 heavy (non-hydrogen) atoms. The molecule has 12 saturated heterocycles. The summed E-state index contributed by atoms with van der Waals surface area (Å²) in [6.07, 6.45) is 28.0. The van der Waals surface area contributed by atoms with Crippen molar-refractivity contribution in [3.8, 4) is 80.9 Å². The van der Waals surface area contributed by atoms with Gasteiger partial charge in [0.05, 0.1) is 113 Å². The molecule has 12 aromatic rings. The van der Waals surface area contributed by atoms with E-state index in [0.29, 0.717) is 70.6 Å². The van der Waals surface area contributed by atoms with E-state index in [9.17, 15) is 15.8 Å². The van der Waals surface area contributed by atoms with Gasteiger partial charge < -0.3 is 67.8 Å². The lowest BCUT2D eigenvalue weighted by molar-refractivity contribution is -0.00882. The van der Waals surface area contributed by atoms with Gasteiger partial charge in [-0.25, -0.2) is 43.5 Å². The van der Waals surface area contributed by atoms with E-state index in [1.807, 2.05) is 83.1 Å². The SMILES string of the molecule is CN1CCN(c2cc(-c3ccc(N4CC5CC(C4)N5Cc4cnc5c(c4)OCO5)nc3)c3c(C#N)cnn3c2)CC1.CN1CCN(c2cc(-c3cnc(N4CC5CC(C4)N5Cc4cnc5c(c4)OCO5)cn3)c3c(C#N)cnn3c2)CC1.COc1ccc(CN2C3CC2CN(c2ccc(-c4cc(N5CCN(C)CC5)cn5ncc(C#N)c45)cn2)C3)cn1. The van der Waals surface area contributed by atoms with Crippen molar-refractivity contribution >= 4 is 51.1 Å². The lowest BCUT2D eigenvalue weighted by atomic mass is 9.87. The molecular formula is C89H94N28O5. The molecule has 0 amide bonds. The number of ether oxygens (including phenoxy) is 5. The Morgan fingerprint density at radius 3 is 1.12 bits per heavy atom. The number of methoxy groups -OCH3 is 1. The molecule has 6 atom stereocenters. The summed E-state index contributed by atoms with van der Waals surface area (Å²) >= 11 is 0. The molecule has 620 valence electrons. The summed E-state index contributed by atoms with van der Waals surface area (Å²) in [5.74, 6) is 6.16. The van der Waals surface area contributed by atoms with Gasteiger partial charge in [0, 0.05) is 239 Å². The van der Waals surface area contributed by atoms with E-state index in [1.165, 1.54) is 24.8 Å². The number of pyridine rings is 8. The van der Waals surface area contributed by atoms with Crippen molar-refractivity contribution < 1.29 is 23.7 Å². The Morgan fingerprint density at radius 1 is 0.369 bits per heavy atom. The van der Waals surface area contributed by atoms with E-state index in [4.69, 9.17) is 43.6 Å². The number of anilines is 6. The highest BCUT2D eigenvalue weighted by Gasteiger charge is 2.48. The Hall–Kier alpha value is -13.1. The van der Waals surface area contributed by atoms with Crippen molar-refractivity contribution in [2.75, 3.05) is 189 Å². The van der Waals surface area contributed by atoms with Crippen LogP contribution in [0, 0.1) is 34.0 Å². The number of nitriles is 3. The number of likely N-dealkylation sites (N-methyl/N-ethyl adjacent to an activating group) is 3. The van der Waals surface area contributed by atoms with Crippen LogP contribution in [0.15, 0.2) is 147 Å². The zero-order chi connectivity index (χ0) is 82.2. The summed E-state index contributed by atoms with van der Waals surface area (Å²) in [5.41, 5.74) is 16.5. The van der Waals surface area contributed by atoms with Gasteiger partial charge in [0.15, 0.2) is 11.5 Å². The zero-order valence-electron chi connectivity index (χ0n) is 68.8. The summed E-state index contributed by atoms with van der Waals surface area (Å²) in [6.45, 7) is 20.6. The van der Waals surface area contributed by atoms with Gasteiger partial charge in [-0.3, -0.25) is 19.7 Å². The van der Waals surface area contributed by atoms with Crippen LogP contribution in [0.25, 0.3) is 50.1 Å². The topological polar surface area (TPSA) is 299 Å². The lowest BCUT2D eigenvalue weighted by Crippen LogP contribution is -2.68. The monoisotopic (exact) mass is 1630 g/mol. The second-order valence-electron chi connectivity index (χ2n) is 33.8. The smallest absolute Gasteiger partial charge is 0.260 e. The number of fused-ring (bicyclic) bond motifs is 11. The quantitative estimate of drug-likeness (QED) is 0.0904. The zero-order valence-corrected chi connectivity index (χ0v) is 68.8. The van der Waals surface area contributed by atoms with Crippen molar-refractivity contribution in [3.63, 3.8) is 0 Å². The highest BCUT2D eigenvalue weighted by molar-refractivity contribution is 5.89. The van der Waals surface area contributed by atoms with Crippen molar-refractivity contribution in [2.45, 2.75) is 75.1 Å². The Bertz CT molecular complexity index is 5740. The molecule has 33 nitrogen and oxygen atoms in total.